The summed E-state index contributed by atoms with van der Waals surface area (Å²) in [6, 6.07) is -1.13. The number of esters is 1. The lowest BCUT2D eigenvalue weighted by Gasteiger charge is -2.12. The number of methoxy groups -OCH3 is 1. The van der Waals surface area contributed by atoms with Crippen LogP contribution in [0.3, 0.4) is 0 Å². The molecule has 0 aliphatic carbocycles. The van der Waals surface area contributed by atoms with Gasteiger partial charge in [-0.25, -0.2) is 9.59 Å². The molecule has 3 amide bonds. The monoisotopic (exact) mass is 349 g/mol. The van der Waals surface area contributed by atoms with E-state index in [1.54, 1.807) is 13.8 Å². The maximum atomic E-state index is 12.6. The lowest BCUT2D eigenvalue weighted by atomic mass is 10.1. The summed E-state index contributed by atoms with van der Waals surface area (Å²) in [5.74, 6) is -1.36. The molecule has 1 aromatic heterocycles. The van der Waals surface area contributed by atoms with Crippen molar-refractivity contribution in [2.45, 2.75) is 46.1 Å². The Morgan fingerprint density at radius 2 is 1.92 bits per heavy atom. The van der Waals surface area contributed by atoms with E-state index in [2.05, 4.69) is 10.3 Å². The van der Waals surface area contributed by atoms with Crippen molar-refractivity contribution in [3.05, 3.63) is 22.5 Å². The highest BCUT2D eigenvalue weighted by molar-refractivity contribution is 6.10. The van der Waals surface area contributed by atoms with E-state index >= 15 is 0 Å². The largest absolute Gasteiger partial charge is 0.465 e. The van der Waals surface area contributed by atoms with Gasteiger partial charge >= 0.3 is 12.0 Å². The highest BCUT2D eigenvalue weighted by Gasteiger charge is 2.39. The number of nitrogens with one attached hydrogen (secondary N) is 2. The Morgan fingerprint density at radius 3 is 2.52 bits per heavy atom. The number of aryl methyl sites for hydroxylation is 1. The molecule has 8 heteroatoms. The fourth-order valence-electron chi connectivity index (χ4n) is 2.99. The summed E-state index contributed by atoms with van der Waals surface area (Å²) in [6.07, 6.45) is 2.28. The molecule has 25 heavy (non-hydrogen) atoms. The second kappa shape index (κ2) is 7.50. The van der Waals surface area contributed by atoms with Gasteiger partial charge in [0.25, 0.3) is 5.91 Å². The number of unbranched alkanes of at least 4 members (excludes halogenated alkanes) is 1. The molecule has 1 aromatic rings. The van der Waals surface area contributed by atoms with Crippen molar-refractivity contribution in [1.29, 1.82) is 0 Å². The fraction of sp³-hybridized carbons (Fsp3) is 0.529. The van der Waals surface area contributed by atoms with Crippen molar-refractivity contribution >= 4 is 23.7 Å². The topological polar surface area (TPSA) is 109 Å². The number of imide groups is 1. The number of carbonyl (C=O) groups is 4. The van der Waals surface area contributed by atoms with Crippen LogP contribution in [-0.2, 0) is 9.53 Å². The SMILES string of the molecule is CCCC[C@@H]1NC(=O)N(CC(=O)c2[nH]c(C)c(C(=O)OC)c2C)C1=O. The minimum Gasteiger partial charge on any atom is -0.465 e. The maximum Gasteiger partial charge on any atom is 0.339 e. The Balaban J connectivity index is 2.16. The first kappa shape index (κ1) is 18.7. The molecule has 0 unspecified atom stereocenters. The van der Waals surface area contributed by atoms with Gasteiger partial charge in [-0.3, -0.25) is 14.5 Å². The summed E-state index contributed by atoms with van der Waals surface area (Å²) in [5.41, 5.74) is 1.45. The van der Waals surface area contributed by atoms with Crippen LogP contribution in [0.25, 0.3) is 0 Å². The Labute approximate surface area is 145 Å². The molecule has 1 aliphatic heterocycles. The van der Waals surface area contributed by atoms with Gasteiger partial charge in [0, 0.05) is 5.69 Å². The van der Waals surface area contributed by atoms with Crippen LogP contribution in [-0.4, -0.2) is 53.3 Å². The lowest BCUT2D eigenvalue weighted by molar-refractivity contribution is -0.127. The number of nitrogens with zero attached hydrogens (tertiary/aromatic N) is 1. The van der Waals surface area contributed by atoms with Gasteiger partial charge in [0.05, 0.1) is 24.9 Å². The minimum absolute atomic E-state index is 0.204. The number of rotatable bonds is 7. The third-order valence-corrected chi connectivity index (χ3v) is 4.36. The quantitative estimate of drug-likeness (QED) is 0.442. The van der Waals surface area contributed by atoms with Gasteiger partial charge in [-0.05, 0) is 25.8 Å². The Bertz CT molecular complexity index is 722. The predicted octanol–water partition coefficient (Wildman–Crippen LogP) is 1.71. The zero-order valence-electron chi connectivity index (χ0n) is 14.9. The van der Waals surface area contributed by atoms with Crippen LogP contribution in [0.4, 0.5) is 4.79 Å². The van der Waals surface area contributed by atoms with E-state index in [4.69, 9.17) is 4.74 Å². The van der Waals surface area contributed by atoms with E-state index in [-0.39, 0.29) is 18.1 Å². The molecule has 1 fully saturated rings. The zero-order valence-corrected chi connectivity index (χ0v) is 14.9. The van der Waals surface area contributed by atoms with E-state index in [1.165, 1.54) is 7.11 Å². The molecule has 1 aliphatic rings. The number of hydrogen-bond acceptors (Lipinski definition) is 5. The van der Waals surface area contributed by atoms with Crippen LogP contribution in [0, 0.1) is 13.8 Å². The summed E-state index contributed by atoms with van der Waals surface area (Å²) < 4.78 is 4.71. The van der Waals surface area contributed by atoms with Crippen LogP contribution < -0.4 is 5.32 Å². The summed E-state index contributed by atoms with van der Waals surface area (Å²) in [4.78, 5) is 52.4. The van der Waals surface area contributed by atoms with E-state index in [1.807, 2.05) is 6.92 Å². The molecule has 8 nitrogen and oxygen atoms in total. The smallest absolute Gasteiger partial charge is 0.339 e. The number of ether oxygens (including phenoxy) is 1. The fourth-order valence-corrected chi connectivity index (χ4v) is 2.99. The van der Waals surface area contributed by atoms with Crippen molar-refractivity contribution in [2.24, 2.45) is 0 Å². The molecule has 2 rings (SSSR count). The molecular weight excluding hydrogens is 326 g/mol. The van der Waals surface area contributed by atoms with Crippen molar-refractivity contribution in [2.75, 3.05) is 13.7 Å². The number of ketones is 1. The molecule has 2 N–H and O–H groups in total. The van der Waals surface area contributed by atoms with Crippen LogP contribution in [0.1, 0.15) is 58.3 Å². The molecule has 0 bridgehead atoms. The van der Waals surface area contributed by atoms with E-state index < -0.39 is 23.8 Å². The number of aromatic nitrogens is 1. The highest BCUT2D eigenvalue weighted by atomic mass is 16.5. The number of aromatic amines is 1. The third-order valence-electron chi connectivity index (χ3n) is 4.36. The Hall–Kier alpha value is -2.64. The number of H-pyrrole nitrogens is 1. The number of Topliss-reactive ketones (excluding diaryl/α,β-unsaturated/α-hetero) is 1. The first-order valence-corrected chi connectivity index (χ1v) is 8.24. The van der Waals surface area contributed by atoms with Gasteiger partial charge in [-0.1, -0.05) is 19.8 Å². The van der Waals surface area contributed by atoms with Crippen LogP contribution >= 0.6 is 0 Å². The summed E-state index contributed by atoms with van der Waals surface area (Å²) in [6.45, 7) is 4.91. The van der Waals surface area contributed by atoms with Crippen LogP contribution in [0.5, 0.6) is 0 Å². The molecule has 0 radical (unpaired) electrons. The number of carbonyl (C=O) groups excluding carboxylic acids is 4. The molecule has 0 aromatic carbocycles. The number of amides is 3. The van der Waals surface area contributed by atoms with Gasteiger partial charge < -0.3 is 15.0 Å². The second-order valence-electron chi connectivity index (χ2n) is 6.11. The molecule has 1 atom stereocenters. The normalized spacial score (nSPS) is 17.0. The summed E-state index contributed by atoms with van der Waals surface area (Å²) >= 11 is 0. The summed E-state index contributed by atoms with van der Waals surface area (Å²) in [7, 11) is 1.26. The lowest BCUT2D eigenvalue weighted by Crippen LogP contribution is -2.36. The molecule has 0 saturated carbocycles. The minimum atomic E-state index is -0.572. The zero-order chi connectivity index (χ0) is 18.7. The van der Waals surface area contributed by atoms with Crippen molar-refractivity contribution in [1.82, 2.24) is 15.2 Å². The number of hydrogen-bond donors (Lipinski definition) is 2. The first-order chi connectivity index (χ1) is 11.8. The van der Waals surface area contributed by atoms with Crippen LogP contribution in [0.15, 0.2) is 0 Å². The van der Waals surface area contributed by atoms with E-state index in [9.17, 15) is 19.2 Å². The van der Waals surface area contributed by atoms with Gasteiger partial charge in [0.2, 0.25) is 0 Å². The Morgan fingerprint density at radius 1 is 1.24 bits per heavy atom. The molecule has 0 spiro atoms. The maximum absolute atomic E-state index is 12.6. The first-order valence-electron chi connectivity index (χ1n) is 8.24. The van der Waals surface area contributed by atoms with E-state index in [0.29, 0.717) is 23.2 Å². The van der Waals surface area contributed by atoms with E-state index in [0.717, 1.165) is 17.7 Å². The average molecular weight is 349 g/mol. The number of urea groups is 1. The van der Waals surface area contributed by atoms with Gasteiger partial charge in [-0.15, -0.1) is 0 Å². The second-order valence-corrected chi connectivity index (χ2v) is 6.11. The van der Waals surface area contributed by atoms with Gasteiger partial charge in [0.1, 0.15) is 6.04 Å². The molecule has 1 saturated heterocycles. The standard InChI is InChI=1S/C17H23N3O5/c1-5-6-7-11-15(22)20(17(24)19-11)8-12(21)14-9(2)13(10(3)18-14)16(23)25-4/h11,18H,5-8H2,1-4H3,(H,19,24)/t11-/m0/s1. The van der Waals surface area contributed by atoms with Crippen LogP contribution in [0.2, 0.25) is 0 Å². The summed E-state index contributed by atoms with van der Waals surface area (Å²) in [5, 5.41) is 2.60. The van der Waals surface area contributed by atoms with Crippen molar-refractivity contribution < 1.29 is 23.9 Å². The third kappa shape index (κ3) is 3.57. The van der Waals surface area contributed by atoms with Crippen molar-refractivity contribution in [3.63, 3.8) is 0 Å². The highest BCUT2D eigenvalue weighted by Crippen LogP contribution is 2.20. The Kier molecular flexibility index (Phi) is 5.61. The molecule has 136 valence electrons. The molecule has 2 heterocycles. The van der Waals surface area contributed by atoms with Crippen molar-refractivity contribution in [3.8, 4) is 0 Å². The average Bonchev–Trinajstić information content (AvgIpc) is 3.02. The molecular formula is C17H23N3O5. The van der Waals surface area contributed by atoms with Gasteiger partial charge in [-0.2, -0.15) is 0 Å². The van der Waals surface area contributed by atoms with Gasteiger partial charge in [0.15, 0.2) is 5.78 Å². The predicted molar refractivity (Wildman–Crippen MR) is 89.5 cm³/mol.